The van der Waals surface area contributed by atoms with Crippen LogP contribution in [0.1, 0.15) is 62.5 Å². The molecule has 7 atom stereocenters. The number of nitrogens with zero attached hydrogens (tertiary/aromatic N) is 3. The number of carboxylic acid groups (broad SMARTS) is 1. The highest BCUT2D eigenvalue weighted by molar-refractivity contribution is 5.97. The van der Waals surface area contributed by atoms with Gasteiger partial charge < -0.3 is 63.4 Å². The van der Waals surface area contributed by atoms with Crippen LogP contribution in [-0.2, 0) is 51.2 Å². The number of aliphatic hydroxyl groups excluding tert-OH is 1. The number of nitrogens with one attached hydrogen (secondary N) is 6. The number of aliphatic imine (C=N–C) groups is 1. The van der Waals surface area contributed by atoms with E-state index in [1.165, 1.54) is 4.90 Å². The number of hydrogen-bond donors (Lipinski definition) is 10. The Balaban J connectivity index is 1.23. The fourth-order valence-electron chi connectivity index (χ4n) is 8.31. The molecule has 0 unspecified atom stereocenters. The summed E-state index contributed by atoms with van der Waals surface area (Å²) in [5, 5.41) is 36.4. The molecule has 2 aromatic rings. The van der Waals surface area contributed by atoms with Crippen LogP contribution in [0.5, 0.6) is 0 Å². The fourth-order valence-corrected chi connectivity index (χ4v) is 8.31. The van der Waals surface area contributed by atoms with Gasteiger partial charge in [0.15, 0.2) is 5.96 Å². The van der Waals surface area contributed by atoms with Crippen LogP contribution in [0.4, 0.5) is 0 Å². The molecule has 0 aromatic heterocycles. The minimum Gasteiger partial charge on any atom is -0.480 e. The normalized spacial score (nSPS) is 19.8. The van der Waals surface area contributed by atoms with Crippen molar-refractivity contribution >= 4 is 53.3 Å². The molecule has 3 aliphatic heterocycles. The highest BCUT2D eigenvalue weighted by atomic mass is 16.4. The van der Waals surface area contributed by atoms with Gasteiger partial charge in [0.1, 0.15) is 36.3 Å². The monoisotopic (exact) mass is 903 g/mol. The maximum atomic E-state index is 14.0. The third kappa shape index (κ3) is 14.4. The molecule has 12 N–H and O–H groups in total. The van der Waals surface area contributed by atoms with E-state index in [0.717, 1.165) is 13.0 Å². The lowest BCUT2D eigenvalue weighted by molar-refractivity contribution is -0.144. The average Bonchev–Trinajstić information content (AvgIpc) is 4.12. The minimum atomic E-state index is -1.54. The Morgan fingerprint density at radius 3 is 1.83 bits per heavy atom. The number of nitrogens with two attached hydrogens (primary N) is 2. The van der Waals surface area contributed by atoms with E-state index in [0.29, 0.717) is 43.4 Å². The quantitative estimate of drug-likeness (QED) is 0.0330. The second-order valence-electron chi connectivity index (χ2n) is 16.4. The molecule has 7 amide bonds. The van der Waals surface area contributed by atoms with E-state index in [4.69, 9.17) is 11.5 Å². The Labute approximate surface area is 376 Å². The lowest BCUT2D eigenvalue weighted by Crippen LogP contribution is -2.60. The van der Waals surface area contributed by atoms with Crippen molar-refractivity contribution < 1.29 is 48.6 Å². The smallest absolute Gasteiger partial charge is 0.326 e. The van der Waals surface area contributed by atoms with Crippen molar-refractivity contribution in [3.8, 4) is 0 Å². The van der Waals surface area contributed by atoms with E-state index >= 15 is 0 Å². The molecule has 3 heterocycles. The maximum Gasteiger partial charge on any atom is 0.326 e. The van der Waals surface area contributed by atoms with Crippen molar-refractivity contribution in [1.29, 1.82) is 0 Å². The van der Waals surface area contributed by atoms with Crippen LogP contribution in [0.3, 0.4) is 0 Å². The van der Waals surface area contributed by atoms with E-state index in [2.05, 4.69) is 36.9 Å². The number of likely N-dealkylation sites (tertiary alicyclic amines) is 2. The molecule has 0 aliphatic carbocycles. The van der Waals surface area contributed by atoms with E-state index in [-0.39, 0.29) is 63.1 Å². The zero-order valence-electron chi connectivity index (χ0n) is 36.3. The van der Waals surface area contributed by atoms with Gasteiger partial charge in [0.05, 0.1) is 19.2 Å². The van der Waals surface area contributed by atoms with E-state index in [9.17, 15) is 48.6 Å². The number of benzene rings is 2. The van der Waals surface area contributed by atoms with Crippen LogP contribution in [0, 0.1) is 0 Å². The second kappa shape index (κ2) is 24.5. The van der Waals surface area contributed by atoms with Gasteiger partial charge in [0, 0.05) is 32.5 Å². The first kappa shape index (κ1) is 49.4. The van der Waals surface area contributed by atoms with Crippen LogP contribution >= 0.6 is 0 Å². The zero-order chi connectivity index (χ0) is 46.9. The number of carboxylic acids is 1. The molecule has 2 aromatic carbocycles. The first-order valence-corrected chi connectivity index (χ1v) is 22.0. The molecule has 21 heteroatoms. The molecule has 3 saturated heterocycles. The van der Waals surface area contributed by atoms with Crippen molar-refractivity contribution in [2.75, 3.05) is 39.3 Å². The van der Waals surface area contributed by atoms with Crippen LogP contribution in [-0.4, -0.2) is 155 Å². The number of carbonyl (C=O) groups excluding carboxylic acids is 7. The fraction of sp³-hybridized carbons (Fsp3) is 0.523. The second-order valence-corrected chi connectivity index (χ2v) is 16.4. The van der Waals surface area contributed by atoms with Gasteiger partial charge in [-0.1, -0.05) is 60.7 Å². The Bertz CT molecular complexity index is 2010. The summed E-state index contributed by atoms with van der Waals surface area (Å²) in [4.78, 5) is 114. The lowest BCUT2D eigenvalue weighted by Gasteiger charge is -2.30. The van der Waals surface area contributed by atoms with Crippen molar-refractivity contribution in [2.45, 2.75) is 107 Å². The number of aliphatic carboxylic acids is 1. The summed E-state index contributed by atoms with van der Waals surface area (Å²) in [5.41, 5.74) is 12.0. The van der Waals surface area contributed by atoms with E-state index < -0.39 is 90.8 Å². The van der Waals surface area contributed by atoms with Crippen LogP contribution in [0.15, 0.2) is 65.7 Å². The highest BCUT2D eigenvalue weighted by Crippen LogP contribution is 2.22. The summed E-state index contributed by atoms with van der Waals surface area (Å²) in [6.07, 6.45) is 3.42. The first-order chi connectivity index (χ1) is 31.2. The molecule has 3 aliphatic rings. The largest absolute Gasteiger partial charge is 0.480 e. The van der Waals surface area contributed by atoms with Gasteiger partial charge in [0.2, 0.25) is 41.4 Å². The Kier molecular flexibility index (Phi) is 18.6. The van der Waals surface area contributed by atoms with Gasteiger partial charge in [-0.15, -0.1) is 0 Å². The summed E-state index contributed by atoms with van der Waals surface area (Å²) < 4.78 is 0. The summed E-state index contributed by atoms with van der Waals surface area (Å²) in [7, 11) is 0. The molecule has 21 nitrogen and oxygen atoms in total. The van der Waals surface area contributed by atoms with Gasteiger partial charge in [-0.05, 0) is 69.0 Å². The molecule has 65 heavy (non-hydrogen) atoms. The van der Waals surface area contributed by atoms with E-state index in [1.807, 2.05) is 0 Å². The molecule has 352 valence electrons. The Morgan fingerprint density at radius 2 is 1.28 bits per heavy atom. The number of amides is 7. The SMILES string of the molecule is NC(N)=NCCC[C@H](NC(=O)[C@H](Cc1ccccc1)NC(=O)[C@@H]1CCCN1C(=O)[C@H](CO)NC(=O)[C@H](Cc1ccccc1)NC(=O)CNC(=O)[C@H]1CCCN1C(=O)[C@@H]1CCCN1)C(=O)O. The van der Waals surface area contributed by atoms with Gasteiger partial charge in [0.25, 0.3) is 0 Å². The van der Waals surface area contributed by atoms with Crippen LogP contribution in [0.25, 0.3) is 0 Å². The summed E-state index contributed by atoms with van der Waals surface area (Å²) in [6.45, 7) is 0.0243. The standard InChI is InChI=1S/C44H61N11O10/c45-44(46)48-20-8-16-30(43(64)65)51-38(59)32(24-28-13-5-2-6-14-28)52-40(61)35-18-10-22-55(35)42(63)33(26-56)53-37(58)31(23-27-11-3-1-4-12-27)50-36(57)25-49-39(60)34-17-9-21-54(34)41(62)29-15-7-19-47-29/h1-6,11-14,29-35,47,56H,7-10,15-26H2,(H,49,60)(H,50,57)(H,51,59)(H,52,61)(H,53,58)(H,64,65)(H4,45,46,48)/t29-,30-,31-,32-,33-,34+,35-/m0/s1. The van der Waals surface area contributed by atoms with Crippen LogP contribution in [0.2, 0.25) is 0 Å². The predicted molar refractivity (Wildman–Crippen MR) is 236 cm³/mol. The van der Waals surface area contributed by atoms with Crippen molar-refractivity contribution in [1.82, 2.24) is 41.7 Å². The van der Waals surface area contributed by atoms with Crippen molar-refractivity contribution in [3.05, 3.63) is 71.8 Å². The van der Waals surface area contributed by atoms with Crippen LogP contribution < -0.4 is 43.4 Å². The molecule has 3 fully saturated rings. The zero-order valence-corrected chi connectivity index (χ0v) is 36.3. The molecule has 0 radical (unpaired) electrons. The van der Waals surface area contributed by atoms with Crippen molar-refractivity contribution in [2.24, 2.45) is 16.5 Å². The number of aliphatic hydroxyl groups is 1. The van der Waals surface area contributed by atoms with Gasteiger partial charge in [-0.2, -0.15) is 0 Å². The Morgan fingerprint density at radius 1 is 0.708 bits per heavy atom. The van der Waals surface area contributed by atoms with Gasteiger partial charge >= 0.3 is 5.97 Å². The van der Waals surface area contributed by atoms with Gasteiger partial charge in [-0.25, -0.2) is 4.79 Å². The summed E-state index contributed by atoms with van der Waals surface area (Å²) >= 11 is 0. The molecule has 0 saturated carbocycles. The number of hydrogen-bond acceptors (Lipinski definition) is 11. The predicted octanol–water partition coefficient (Wildman–Crippen LogP) is -2.61. The Hall–Kier alpha value is -6.61. The molecule has 0 spiro atoms. The molecular weight excluding hydrogens is 843 g/mol. The molecular formula is C44H61N11O10. The third-order valence-electron chi connectivity index (χ3n) is 11.7. The topological polar surface area (TPSA) is 320 Å². The molecule has 0 bridgehead atoms. The van der Waals surface area contributed by atoms with Crippen molar-refractivity contribution in [3.63, 3.8) is 0 Å². The highest BCUT2D eigenvalue weighted by Gasteiger charge is 2.41. The third-order valence-corrected chi connectivity index (χ3v) is 11.7. The minimum absolute atomic E-state index is 0.00348. The summed E-state index contributed by atoms with van der Waals surface area (Å²) in [6, 6.07) is 9.92. The van der Waals surface area contributed by atoms with Gasteiger partial charge in [-0.3, -0.25) is 38.6 Å². The summed E-state index contributed by atoms with van der Waals surface area (Å²) in [5.74, 6) is -5.87. The number of carbonyl (C=O) groups is 8. The number of rotatable bonds is 22. The first-order valence-electron chi connectivity index (χ1n) is 22.0. The number of guanidine groups is 1. The van der Waals surface area contributed by atoms with E-state index in [1.54, 1.807) is 65.6 Å². The lowest BCUT2D eigenvalue weighted by atomic mass is 10.0. The maximum absolute atomic E-state index is 14.0. The molecule has 5 rings (SSSR count). The average molecular weight is 904 g/mol.